The molecular formula is C14H10ClNO3. The molecule has 3 rings (SSSR count). The van der Waals surface area contributed by atoms with E-state index in [2.05, 4.69) is 4.98 Å². The maximum atomic E-state index is 11.6. The van der Waals surface area contributed by atoms with E-state index in [0.717, 1.165) is 16.3 Å². The van der Waals surface area contributed by atoms with E-state index in [-0.39, 0.29) is 5.76 Å². The molecule has 0 saturated heterocycles. The van der Waals surface area contributed by atoms with Gasteiger partial charge < -0.3 is 9.15 Å². The smallest absolute Gasteiger partial charge is 0.374 e. The van der Waals surface area contributed by atoms with Crippen LogP contribution in [0.3, 0.4) is 0 Å². The Balaban J connectivity index is 2.17. The van der Waals surface area contributed by atoms with Gasteiger partial charge in [0.15, 0.2) is 0 Å². The van der Waals surface area contributed by atoms with Crippen LogP contribution in [0.4, 0.5) is 0 Å². The van der Waals surface area contributed by atoms with E-state index in [0.29, 0.717) is 17.3 Å². The molecule has 0 saturated carbocycles. The quantitative estimate of drug-likeness (QED) is 0.667. The van der Waals surface area contributed by atoms with Crippen molar-refractivity contribution < 1.29 is 13.9 Å². The number of hydrogen-bond donors (Lipinski definition) is 0. The minimum Gasteiger partial charge on any atom is -0.460 e. The van der Waals surface area contributed by atoms with Crippen molar-refractivity contribution in [3.63, 3.8) is 0 Å². The molecule has 0 aliphatic carbocycles. The summed E-state index contributed by atoms with van der Waals surface area (Å²) in [4.78, 5) is 15.9. The van der Waals surface area contributed by atoms with E-state index >= 15 is 0 Å². The average molecular weight is 276 g/mol. The highest BCUT2D eigenvalue weighted by molar-refractivity contribution is 6.31. The molecule has 4 nitrogen and oxygen atoms in total. The molecule has 0 bridgehead atoms. The molecule has 2 aromatic heterocycles. The third kappa shape index (κ3) is 2.15. The fraction of sp³-hybridized carbons (Fsp3) is 0.143. The fourth-order valence-electron chi connectivity index (χ4n) is 1.90. The van der Waals surface area contributed by atoms with Gasteiger partial charge in [0, 0.05) is 21.9 Å². The number of carbonyl (C=O) groups is 1. The van der Waals surface area contributed by atoms with Crippen molar-refractivity contribution in [2.45, 2.75) is 6.92 Å². The Kier molecular flexibility index (Phi) is 2.87. The van der Waals surface area contributed by atoms with Gasteiger partial charge in [-0.15, -0.1) is 0 Å². The van der Waals surface area contributed by atoms with Gasteiger partial charge in [-0.3, -0.25) is 0 Å². The number of hydrogen-bond acceptors (Lipinski definition) is 4. The van der Waals surface area contributed by atoms with Crippen LogP contribution in [0.25, 0.3) is 22.0 Å². The van der Waals surface area contributed by atoms with Crippen LogP contribution in [-0.4, -0.2) is 17.6 Å². The fourth-order valence-corrected chi connectivity index (χ4v) is 2.07. The van der Waals surface area contributed by atoms with Gasteiger partial charge in [0.1, 0.15) is 0 Å². The number of pyridine rings is 1. The number of halogens is 1. The van der Waals surface area contributed by atoms with Crippen molar-refractivity contribution in [3.05, 3.63) is 41.1 Å². The molecule has 0 N–H and O–H groups in total. The molecule has 2 heterocycles. The maximum absolute atomic E-state index is 11.6. The SMILES string of the molecule is CCOC(=O)c1cc2cc3ccc(Cl)cc3nc2o1. The van der Waals surface area contributed by atoms with Crippen LogP contribution in [0, 0.1) is 0 Å². The normalized spacial score (nSPS) is 11.1. The number of benzene rings is 1. The highest BCUT2D eigenvalue weighted by atomic mass is 35.5. The van der Waals surface area contributed by atoms with Crippen molar-refractivity contribution in [2.24, 2.45) is 0 Å². The molecule has 0 fully saturated rings. The predicted molar refractivity (Wildman–Crippen MR) is 72.5 cm³/mol. The summed E-state index contributed by atoms with van der Waals surface area (Å²) >= 11 is 5.92. The van der Waals surface area contributed by atoms with E-state index in [1.54, 1.807) is 25.1 Å². The van der Waals surface area contributed by atoms with Gasteiger partial charge in [0.05, 0.1) is 12.1 Å². The standard InChI is InChI=1S/C14H10ClNO3/c1-2-18-14(17)12-6-9-5-8-3-4-10(15)7-11(8)16-13(9)19-12/h3-7H,2H2,1H3. The van der Waals surface area contributed by atoms with E-state index in [1.165, 1.54) is 0 Å². The van der Waals surface area contributed by atoms with Gasteiger partial charge in [-0.1, -0.05) is 17.7 Å². The van der Waals surface area contributed by atoms with Crippen LogP contribution in [0.1, 0.15) is 17.5 Å². The lowest BCUT2D eigenvalue weighted by Gasteiger charge is -1.97. The second-order valence-corrected chi connectivity index (χ2v) is 4.49. The van der Waals surface area contributed by atoms with Crippen LogP contribution in [-0.2, 0) is 4.74 Å². The largest absolute Gasteiger partial charge is 0.460 e. The molecule has 0 unspecified atom stereocenters. The van der Waals surface area contributed by atoms with Crippen LogP contribution in [0.15, 0.2) is 34.7 Å². The number of esters is 1. The highest BCUT2D eigenvalue weighted by Crippen LogP contribution is 2.25. The summed E-state index contributed by atoms with van der Waals surface area (Å²) in [5.41, 5.74) is 1.13. The van der Waals surface area contributed by atoms with Crippen LogP contribution in [0.5, 0.6) is 0 Å². The number of aromatic nitrogens is 1. The van der Waals surface area contributed by atoms with Crippen molar-refractivity contribution in [1.82, 2.24) is 4.98 Å². The number of ether oxygens (including phenoxy) is 1. The van der Waals surface area contributed by atoms with E-state index in [1.807, 2.05) is 12.1 Å². The first-order chi connectivity index (χ1) is 9.17. The van der Waals surface area contributed by atoms with Gasteiger partial charge in [0.2, 0.25) is 11.5 Å². The molecule has 5 heteroatoms. The first-order valence-corrected chi connectivity index (χ1v) is 6.22. The predicted octanol–water partition coefficient (Wildman–Crippen LogP) is 3.81. The Labute approximate surface area is 113 Å². The Morgan fingerprint density at radius 1 is 1.32 bits per heavy atom. The maximum Gasteiger partial charge on any atom is 0.374 e. The highest BCUT2D eigenvalue weighted by Gasteiger charge is 2.14. The summed E-state index contributed by atoms with van der Waals surface area (Å²) in [5.74, 6) is -0.326. The summed E-state index contributed by atoms with van der Waals surface area (Å²) in [6.45, 7) is 2.05. The number of nitrogens with zero attached hydrogens (tertiary/aromatic N) is 1. The van der Waals surface area contributed by atoms with Crippen LogP contribution >= 0.6 is 11.6 Å². The molecule has 19 heavy (non-hydrogen) atoms. The Hall–Kier alpha value is -2.07. The monoisotopic (exact) mass is 275 g/mol. The van der Waals surface area contributed by atoms with Crippen molar-refractivity contribution in [3.8, 4) is 0 Å². The summed E-state index contributed by atoms with van der Waals surface area (Å²) in [6.07, 6.45) is 0. The van der Waals surface area contributed by atoms with E-state index < -0.39 is 5.97 Å². The van der Waals surface area contributed by atoms with Crippen LogP contribution in [0.2, 0.25) is 5.02 Å². The third-order valence-corrected chi connectivity index (χ3v) is 2.98. The number of furan rings is 1. The molecule has 0 aliphatic rings. The second kappa shape index (κ2) is 4.55. The van der Waals surface area contributed by atoms with E-state index in [9.17, 15) is 4.79 Å². The molecule has 1 aromatic carbocycles. The lowest BCUT2D eigenvalue weighted by molar-refractivity contribution is 0.0492. The van der Waals surface area contributed by atoms with Gasteiger partial charge >= 0.3 is 5.97 Å². The summed E-state index contributed by atoms with van der Waals surface area (Å²) in [7, 11) is 0. The first-order valence-electron chi connectivity index (χ1n) is 5.84. The minimum absolute atomic E-state index is 0.158. The number of fused-ring (bicyclic) bond motifs is 2. The van der Waals surface area contributed by atoms with Gasteiger partial charge in [0.25, 0.3) is 0 Å². The van der Waals surface area contributed by atoms with Gasteiger partial charge in [-0.05, 0) is 25.1 Å². The molecule has 96 valence electrons. The molecule has 0 amide bonds. The Morgan fingerprint density at radius 3 is 2.95 bits per heavy atom. The molecule has 0 radical (unpaired) electrons. The van der Waals surface area contributed by atoms with Crippen molar-refractivity contribution >= 4 is 39.6 Å². The zero-order chi connectivity index (χ0) is 13.4. The molecule has 0 spiro atoms. The van der Waals surface area contributed by atoms with Crippen molar-refractivity contribution in [1.29, 1.82) is 0 Å². The Morgan fingerprint density at radius 2 is 2.16 bits per heavy atom. The topological polar surface area (TPSA) is 52.3 Å². The number of rotatable bonds is 2. The summed E-state index contributed by atoms with van der Waals surface area (Å²) < 4.78 is 10.3. The lowest BCUT2D eigenvalue weighted by atomic mass is 10.2. The third-order valence-electron chi connectivity index (χ3n) is 2.74. The zero-order valence-corrected chi connectivity index (χ0v) is 10.9. The molecular weight excluding hydrogens is 266 g/mol. The summed E-state index contributed by atoms with van der Waals surface area (Å²) in [5, 5.41) is 2.31. The minimum atomic E-state index is -0.484. The Bertz CT molecular complexity index is 779. The van der Waals surface area contributed by atoms with Crippen LogP contribution < -0.4 is 0 Å². The molecule has 3 aromatic rings. The van der Waals surface area contributed by atoms with Gasteiger partial charge in [-0.25, -0.2) is 9.78 Å². The average Bonchev–Trinajstić information content (AvgIpc) is 2.79. The first kappa shape index (κ1) is 12.0. The summed E-state index contributed by atoms with van der Waals surface area (Å²) in [6, 6.07) is 8.96. The second-order valence-electron chi connectivity index (χ2n) is 4.05. The van der Waals surface area contributed by atoms with E-state index in [4.69, 9.17) is 20.8 Å². The molecule has 0 aliphatic heterocycles. The zero-order valence-electron chi connectivity index (χ0n) is 10.1. The van der Waals surface area contributed by atoms with Crippen molar-refractivity contribution in [2.75, 3.05) is 6.61 Å². The molecule has 0 atom stereocenters. The van der Waals surface area contributed by atoms with Gasteiger partial charge in [-0.2, -0.15) is 0 Å². The lowest BCUT2D eigenvalue weighted by Crippen LogP contribution is -2.02. The number of carbonyl (C=O) groups excluding carboxylic acids is 1.